The SMILES string of the molecule is Nc1ccc2oc(NC(CO)c3ccccc3)nc2c1. The second-order valence-electron chi connectivity index (χ2n) is 4.54. The summed E-state index contributed by atoms with van der Waals surface area (Å²) in [5.74, 6) is 0. The summed E-state index contributed by atoms with van der Waals surface area (Å²) in [6.07, 6.45) is 0. The van der Waals surface area contributed by atoms with Crippen LogP contribution < -0.4 is 11.1 Å². The van der Waals surface area contributed by atoms with E-state index >= 15 is 0 Å². The summed E-state index contributed by atoms with van der Waals surface area (Å²) in [6, 6.07) is 15.1. The molecular formula is C15H15N3O2. The number of aliphatic hydroxyl groups is 1. The zero-order valence-electron chi connectivity index (χ0n) is 10.8. The van der Waals surface area contributed by atoms with Gasteiger partial charge in [-0.15, -0.1) is 0 Å². The lowest BCUT2D eigenvalue weighted by molar-refractivity contribution is 0.274. The minimum atomic E-state index is -0.262. The first-order valence-corrected chi connectivity index (χ1v) is 6.34. The third-order valence-electron chi connectivity index (χ3n) is 3.09. The molecule has 0 aliphatic carbocycles. The smallest absolute Gasteiger partial charge is 0.296 e. The van der Waals surface area contributed by atoms with Gasteiger partial charge < -0.3 is 20.6 Å². The molecule has 1 aromatic heterocycles. The van der Waals surface area contributed by atoms with Gasteiger partial charge in [0.2, 0.25) is 0 Å². The lowest BCUT2D eigenvalue weighted by atomic mass is 10.1. The summed E-state index contributed by atoms with van der Waals surface area (Å²) < 4.78 is 5.59. The molecule has 4 N–H and O–H groups in total. The van der Waals surface area contributed by atoms with E-state index in [4.69, 9.17) is 10.2 Å². The van der Waals surface area contributed by atoms with Gasteiger partial charge in [-0.3, -0.25) is 0 Å². The third kappa shape index (κ3) is 2.44. The quantitative estimate of drug-likeness (QED) is 0.634. The van der Waals surface area contributed by atoms with Gasteiger partial charge in [0.05, 0.1) is 12.6 Å². The Morgan fingerprint density at radius 3 is 2.75 bits per heavy atom. The van der Waals surface area contributed by atoms with Crippen LogP contribution in [0.1, 0.15) is 11.6 Å². The van der Waals surface area contributed by atoms with Gasteiger partial charge in [0, 0.05) is 5.69 Å². The summed E-state index contributed by atoms with van der Waals surface area (Å²) >= 11 is 0. The van der Waals surface area contributed by atoms with Crippen LogP contribution >= 0.6 is 0 Å². The average Bonchev–Trinajstić information content (AvgIpc) is 2.87. The second-order valence-corrected chi connectivity index (χ2v) is 4.54. The summed E-state index contributed by atoms with van der Waals surface area (Å²) in [4.78, 5) is 4.32. The Hall–Kier alpha value is -2.53. The topological polar surface area (TPSA) is 84.3 Å². The zero-order valence-corrected chi connectivity index (χ0v) is 10.8. The van der Waals surface area contributed by atoms with Crippen molar-refractivity contribution < 1.29 is 9.52 Å². The number of anilines is 2. The van der Waals surface area contributed by atoms with Crippen molar-refractivity contribution in [1.29, 1.82) is 0 Å². The van der Waals surface area contributed by atoms with Gasteiger partial charge in [0.15, 0.2) is 5.58 Å². The van der Waals surface area contributed by atoms with Gasteiger partial charge in [0.25, 0.3) is 6.01 Å². The number of aliphatic hydroxyl groups excluding tert-OH is 1. The fraction of sp³-hybridized carbons (Fsp3) is 0.133. The average molecular weight is 269 g/mol. The lowest BCUT2D eigenvalue weighted by Gasteiger charge is -2.14. The van der Waals surface area contributed by atoms with Crippen molar-refractivity contribution in [3.05, 3.63) is 54.1 Å². The number of nitrogens with one attached hydrogen (secondary N) is 1. The molecule has 0 amide bonds. The lowest BCUT2D eigenvalue weighted by Crippen LogP contribution is -2.14. The van der Waals surface area contributed by atoms with Crippen molar-refractivity contribution in [2.45, 2.75) is 6.04 Å². The molecule has 1 unspecified atom stereocenters. The maximum absolute atomic E-state index is 9.51. The zero-order chi connectivity index (χ0) is 13.9. The Morgan fingerprint density at radius 2 is 2.00 bits per heavy atom. The molecule has 0 spiro atoms. The minimum absolute atomic E-state index is 0.0507. The molecule has 2 aromatic carbocycles. The monoisotopic (exact) mass is 269 g/mol. The van der Waals surface area contributed by atoms with Crippen LogP contribution in [0.15, 0.2) is 52.9 Å². The molecule has 1 atom stereocenters. The number of hydrogen-bond donors (Lipinski definition) is 3. The Labute approximate surface area is 116 Å². The molecule has 0 fully saturated rings. The molecular weight excluding hydrogens is 254 g/mol. The molecule has 0 aliphatic rings. The minimum Gasteiger partial charge on any atom is -0.424 e. The molecule has 20 heavy (non-hydrogen) atoms. The van der Waals surface area contributed by atoms with E-state index in [9.17, 15) is 5.11 Å². The van der Waals surface area contributed by atoms with Crippen LogP contribution in [-0.4, -0.2) is 16.7 Å². The predicted octanol–water partition coefficient (Wildman–Crippen LogP) is 2.56. The fourth-order valence-corrected chi connectivity index (χ4v) is 2.07. The van der Waals surface area contributed by atoms with E-state index in [1.165, 1.54) is 0 Å². The van der Waals surface area contributed by atoms with Crippen molar-refractivity contribution in [2.75, 3.05) is 17.7 Å². The summed E-state index contributed by atoms with van der Waals surface area (Å²) in [6.45, 7) is -0.0507. The number of nitrogens with zero attached hydrogens (tertiary/aromatic N) is 1. The van der Waals surface area contributed by atoms with Crippen LogP contribution in [0, 0.1) is 0 Å². The molecule has 3 aromatic rings. The van der Waals surface area contributed by atoms with Crippen molar-refractivity contribution >= 4 is 22.8 Å². The van der Waals surface area contributed by atoms with E-state index in [-0.39, 0.29) is 12.6 Å². The highest BCUT2D eigenvalue weighted by Gasteiger charge is 2.13. The number of hydrogen-bond acceptors (Lipinski definition) is 5. The summed E-state index contributed by atoms with van der Waals surface area (Å²) in [5, 5.41) is 12.6. The van der Waals surface area contributed by atoms with Crippen molar-refractivity contribution in [1.82, 2.24) is 4.98 Å². The first-order valence-electron chi connectivity index (χ1n) is 6.34. The number of fused-ring (bicyclic) bond motifs is 1. The molecule has 0 aliphatic heterocycles. The fourth-order valence-electron chi connectivity index (χ4n) is 2.07. The first-order chi connectivity index (χ1) is 9.76. The van der Waals surface area contributed by atoms with E-state index in [0.29, 0.717) is 22.8 Å². The molecule has 102 valence electrons. The highest BCUT2D eigenvalue weighted by atomic mass is 16.4. The summed E-state index contributed by atoms with van der Waals surface area (Å²) in [7, 11) is 0. The number of nitrogen functional groups attached to an aromatic ring is 1. The van der Waals surface area contributed by atoms with Crippen LogP contribution in [-0.2, 0) is 0 Å². The number of oxazole rings is 1. The number of rotatable bonds is 4. The number of benzene rings is 2. The Bertz CT molecular complexity index is 709. The van der Waals surface area contributed by atoms with Crippen LogP contribution in [0.2, 0.25) is 0 Å². The number of aromatic nitrogens is 1. The Kier molecular flexibility index (Phi) is 3.26. The highest BCUT2D eigenvalue weighted by Crippen LogP contribution is 2.24. The molecule has 5 heteroatoms. The first kappa shape index (κ1) is 12.5. The molecule has 3 rings (SSSR count). The second kappa shape index (κ2) is 5.22. The Balaban J connectivity index is 1.87. The largest absolute Gasteiger partial charge is 0.424 e. The third-order valence-corrected chi connectivity index (χ3v) is 3.09. The molecule has 5 nitrogen and oxygen atoms in total. The van der Waals surface area contributed by atoms with Crippen molar-refractivity contribution in [3.8, 4) is 0 Å². The van der Waals surface area contributed by atoms with Crippen molar-refractivity contribution in [2.24, 2.45) is 0 Å². The van der Waals surface area contributed by atoms with Crippen molar-refractivity contribution in [3.63, 3.8) is 0 Å². The molecule has 1 heterocycles. The normalized spacial score (nSPS) is 12.4. The summed E-state index contributed by atoms with van der Waals surface area (Å²) in [5.41, 5.74) is 8.67. The number of nitrogens with two attached hydrogens (primary N) is 1. The van der Waals surface area contributed by atoms with E-state index in [1.807, 2.05) is 30.3 Å². The van der Waals surface area contributed by atoms with E-state index in [0.717, 1.165) is 5.56 Å². The van der Waals surface area contributed by atoms with Gasteiger partial charge >= 0.3 is 0 Å². The molecule has 0 saturated carbocycles. The van der Waals surface area contributed by atoms with Gasteiger partial charge in [-0.1, -0.05) is 30.3 Å². The Morgan fingerprint density at radius 1 is 1.20 bits per heavy atom. The van der Waals surface area contributed by atoms with Crippen LogP contribution in [0.5, 0.6) is 0 Å². The van der Waals surface area contributed by atoms with Gasteiger partial charge in [0.1, 0.15) is 5.52 Å². The predicted molar refractivity (Wildman–Crippen MR) is 78.3 cm³/mol. The maximum atomic E-state index is 9.51. The van der Waals surface area contributed by atoms with E-state index < -0.39 is 0 Å². The van der Waals surface area contributed by atoms with Crippen LogP contribution in [0.3, 0.4) is 0 Å². The van der Waals surface area contributed by atoms with Crippen LogP contribution in [0.25, 0.3) is 11.1 Å². The van der Waals surface area contributed by atoms with Gasteiger partial charge in [-0.2, -0.15) is 4.98 Å². The highest BCUT2D eigenvalue weighted by molar-refractivity contribution is 5.78. The molecule has 0 radical (unpaired) electrons. The standard InChI is InChI=1S/C15H15N3O2/c16-11-6-7-14-12(8-11)17-15(20-14)18-13(9-19)10-4-2-1-3-5-10/h1-8,13,19H,9,16H2,(H,17,18). The van der Waals surface area contributed by atoms with Gasteiger partial charge in [-0.05, 0) is 23.8 Å². The van der Waals surface area contributed by atoms with E-state index in [2.05, 4.69) is 10.3 Å². The van der Waals surface area contributed by atoms with Crippen LogP contribution in [0.4, 0.5) is 11.7 Å². The maximum Gasteiger partial charge on any atom is 0.296 e. The molecule has 0 saturated heterocycles. The van der Waals surface area contributed by atoms with E-state index in [1.54, 1.807) is 18.2 Å². The van der Waals surface area contributed by atoms with Gasteiger partial charge in [-0.25, -0.2) is 0 Å². The molecule has 0 bridgehead atoms.